The standard InChI is InChI=1S/C34H28O6/c35-33-37-21-29-13-5-25(6-14-29)1-2-26-7-15-30(16-8-26)22-38-34(36)40-24-32-19-11-28(12-20-32)4-3-27-9-17-31(18-10-27)23-39-33/h1-20H,21-24H2/b2-1-,4-3-. The van der Waals surface area contributed by atoms with Crippen LogP contribution >= 0.6 is 0 Å². The van der Waals surface area contributed by atoms with Crippen molar-refractivity contribution in [1.82, 2.24) is 0 Å². The highest BCUT2D eigenvalue weighted by molar-refractivity contribution is 5.70. The summed E-state index contributed by atoms with van der Waals surface area (Å²) in [6, 6.07) is 30.9. The van der Waals surface area contributed by atoms with Crippen molar-refractivity contribution >= 4 is 36.6 Å². The molecule has 0 amide bonds. The molecule has 0 saturated carbocycles. The monoisotopic (exact) mass is 532 g/mol. The Morgan fingerprint density at radius 1 is 0.325 bits per heavy atom. The molecule has 0 N–H and O–H groups in total. The highest BCUT2D eigenvalue weighted by Gasteiger charge is 2.07. The van der Waals surface area contributed by atoms with Gasteiger partial charge in [-0.3, -0.25) is 0 Å². The quantitative estimate of drug-likeness (QED) is 0.213. The molecule has 0 saturated heterocycles. The van der Waals surface area contributed by atoms with Gasteiger partial charge in [0.1, 0.15) is 26.4 Å². The summed E-state index contributed by atoms with van der Waals surface area (Å²) in [6.07, 6.45) is 6.56. The third-order valence-electron chi connectivity index (χ3n) is 6.28. The van der Waals surface area contributed by atoms with E-state index in [4.69, 9.17) is 18.9 Å². The predicted octanol–water partition coefficient (Wildman–Crippen LogP) is 8.05. The van der Waals surface area contributed by atoms with Crippen LogP contribution in [-0.4, -0.2) is 12.3 Å². The van der Waals surface area contributed by atoms with E-state index in [2.05, 4.69) is 0 Å². The average Bonchev–Trinajstić information content (AvgIpc) is 3.00. The summed E-state index contributed by atoms with van der Waals surface area (Å²) in [4.78, 5) is 24.1. The maximum Gasteiger partial charge on any atom is 0.508 e. The molecule has 6 heteroatoms. The van der Waals surface area contributed by atoms with E-state index in [1.807, 2.05) is 121 Å². The predicted molar refractivity (Wildman–Crippen MR) is 154 cm³/mol. The Morgan fingerprint density at radius 3 is 0.725 bits per heavy atom. The number of rotatable bonds is 0. The SMILES string of the molecule is O=C1OCc2ccc(cc2)/C=C\c2ccc(cc2)COC(=O)OCc2ccc(cc2)/C=C\c2ccc(cc2)CO1. The molecular formula is C34H28O6. The first kappa shape index (κ1) is 26.5. The van der Waals surface area contributed by atoms with Gasteiger partial charge in [0.15, 0.2) is 0 Å². The van der Waals surface area contributed by atoms with E-state index >= 15 is 0 Å². The van der Waals surface area contributed by atoms with Crippen molar-refractivity contribution in [2.75, 3.05) is 0 Å². The van der Waals surface area contributed by atoms with E-state index in [1.165, 1.54) is 0 Å². The van der Waals surface area contributed by atoms with E-state index in [1.54, 1.807) is 0 Å². The summed E-state index contributed by atoms with van der Waals surface area (Å²) < 4.78 is 21.0. The van der Waals surface area contributed by atoms with E-state index in [0.29, 0.717) is 0 Å². The average molecular weight is 533 g/mol. The van der Waals surface area contributed by atoms with Crippen LogP contribution in [0.4, 0.5) is 9.59 Å². The first-order valence-corrected chi connectivity index (χ1v) is 12.9. The molecule has 0 aliphatic carbocycles. The van der Waals surface area contributed by atoms with E-state index in [0.717, 1.165) is 44.5 Å². The van der Waals surface area contributed by atoms with Gasteiger partial charge in [0.25, 0.3) is 0 Å². The second kappa shape index (κ2) is 13.1. The second-order valence-electron chi connectivity index (χ2n) is 9.29. The molecule has 6 nitrogen and oxygen atoms in total. The van der Waals surface area contributed by atoms with Crippen molar-refractivity contribution in [1.29, 1.82) is 0 Å². The van der Waals surface area contributed by atoms with Gasteiger partial charge >= 0.3 is 12.3 Å². The van der Waals surface area contributed by atoms with Gasteiger partial charge in [-0.25, -0.2) is 9.59 Å². The molecule has 4 aromatic carbocycles. The molecule has 7 aliphatic rings. The van der Waals surface area contributed by atoms with Gasteiger partial charge in [0.05, 0.1) is 0 Å². The molecule has 0 aromatic heterocycles. The topological polar surface area (TPSA) is 71.1 Å². The Labute approximate surface area is 233 Å². The van der Waals surface area contributed by atoms with Crippen LogP contribution < -0.4 is 0 Å². The van der Waals surface area contributed by atoms with Crippen LogP contribution in [0.3, 0.4) is 0 Å². The minimum atomic E-state index is -0.709. The van der Waals surface area contributed by atoms with Crippen LogP contribution in [0, 0.1) is 0 Å². The minimum Gasteiger partial charge on any atom is -0.429 e. The van der Waals surface area contributed by atoms with Crippen molar-refractivity contribution in [3.8, 4) is 0 Å². The highest BCUT2D eigenvalue weighted by atomic mass is 16.7. The molecule has 0 spiro atoms. The molecule has 0 fully saturated rings. The fourth-order valence-electron chi connectivity index (χ4n) is 3.94. The molecule has 11 rings (SSSR count). The Kier molecular flexibility index (Phi) is 8.69. The van der Waals surface area contributed by atoms with Gasteiger partial charge < -0.3 is 18.9 Å². The van der Waals surface area contributed by atoms with E-state index in [-0.39, 0.29) is 26.4 Å². The summed E-state index contributed by atoms with van der Waals surface area (Å²) in [5.41, 5.74) is 7.49. The lowest BCUT2D eigenvalue weighted by Crippen LogP contribution is -2.07. The fourth-order valence-corrected chi connectivity index (χ4v) is 3.94. The van der Waals surface area contributed by atoms with E-state index < -0.39 is 12.3 Å². The number of carbonyl (C=O) groups excluding carboxylic acids is 2. The minimum absolute atomic E-state index is 0.130. The third kappa shape index (κ3) is 7.95. The van der Waals surface area contributed by atoms with Crippen LogP contribution in [0.1, 0.15) is 44.5 Å². The number of benzene rings is 4. The smallest absolute Gasteiger partial charge is 0.429 e. The maximum atomic E-state index is 12.1. The largest absolute Gasteiger partial charge is 0.508 e. The molecule has 200 valence electrons. The summed E-state index contributed by atoms with van der Waals surface area (Å²) in [5.74, 6) is 0. The Bertz CT molecular complexity index is 1250. The second-order valence-corrected chi connectivity index (χ2v) is 9.29. The van der Waals surface area contributed by atoms with Gasteiger partial charge in [-0.1, -0.05) is 121 Å². The lowest BCUT2D eigenvalue weighted by atomic mass is 10.1. The molecule has 8 bridgehead atoms. The maximum absolute atomic E-state index is 12.1. The Hall–Kier alpha value is -5.10. The fraction of sp³-hybridized carbons (Fsp3) is 0.118. The zero-order valence-electron chi connectivity index (χ0n) is 21.8. The van der Waals surface area contributed by atoms with Crippen molar-refractivity contribution < 1.29 is 28.5 Å². The normalized spacial score (nSPS) is 15.9. The Morgan fingerprint density at radius 2 is 0.525 bits per heavy atom. The number of hydrogen-bond donors (Lipinski definition) is 0. The van der Waals surface area contributed by atoms with Gasteiger partial charge in [0, 0.05) is 0 Å². The van der Waals surface area contributed by atoms with Gasteiger partial charge in [-0.15, -0.1) is 0 Å². The summed E-state index contributed by atoms with van der Waals surface area (Å²) in [7, 11) is 0. The Balaban J connectivity index is 1.28. The molecule has 0 atom stereocenters. The summed E-state index contributed by atoms with van der Waals surface area (Å²) in [5, 5.41) is 0. The molecule has 0 radical (unpaired) electrons. The van der Waals surface area contributed by atoms with Crippen LogP contribution in [-0.2, 0) is 45.4 Å². The number of carbonyl (C=O) groups is 2. The van der Waals surface area contributed by atoms with Crippen LogP contribution in [0.25, 0.3) is 24.3 Å². The molecule has 0 unspecified atom stereocenters. The zero-order valence-corrected chi connectivity index (χ0v) is 21.8. The van der Waals surface area contributed by atoms with Crippen molar-refractivity contribution in [2.45, 2.75) is 26.4 Å². The van der Waals surface area contributed by atoms with Gasteiger partial charge in [-0.2, -0.15) is 0 Å². The van der Waals surface area contributed by atoms with E-state index in [9.17, 15) is 9.59 Å². The number of hydrogen-bond acceptors (Lipinski definition) is 6. The molecule has 7 heterocycles. The first-order valence-electron chi connectivity index (χ1n) is 12.9. The van der Waals surface area contributed by atoms with Gasteiger partial charge in [-0.05, 0) is 44.5 Å². The highest BCUT2D eigenvalue weighted by Crippen LogP contribution is 2.15. The lowest BCUT2D eigenvalue weighted by molar-refractivity contribution is 0.0438. The van der Waals surface area contributed by atoms with Crippen molar-refractivity contribution in [2.24, 2.45) is 0 Å². The van der Waals surface area contributed by atoms with Crippen LogP contribution in [0.5, 0.6) is 0 Å². The molecule has 40 heavy (non-hydrogen) atoms. The summed E-state index contributed by atoms with van der Waals surface area (Å²) >= 11 is 0. The zero-order chi connectivity index (χ0) is 27.6. The first-order chi connectivity index (χ1) is 19.6. The molecular weight excluding hydrogens is 504 g/mol. The van der Waals surface area contributed by atoms with Crippen LogP contribution in [0.15, 0.2) is 97.1 Å². The van der Waals surface area contributed by atoms with Crippen LogP contribution in [0.2, 0.25) is 0 Å². The van der Waals surface area contributed by atoms with Crippen molar-refractivity contribution in [3.05, 3.63) is 142 Å². The lowest BCUT2D eigenvalue weighted by Gasteiger charge is -2.08. The molecule has 4 aromatic rings. The number of ether oxygens (including phenoxy) is 4. The summed E-state index contributed by atoms with van der Waals surface area (Å²) in [6.45, 7) is 0.518. The molecule has 7 aliphatic heterocycles. The van der Waals surface area contributed by atoms with Crippen molar-refractivity contribution in [3.63, 3.8) is 0 Å². The van der Waals surface area contributed by atoms with Gasteiger partial charge in [0.2, 0.25) is 0 Å². The third-order valence-corrected chi connectivity index (χ3v) is 6.28.